The number of rotatable bonds is 3. The molecule has 3 aliphatic heterocycles. The predicted molar refractivity (Wildman–Crippen MR) is 76.5 cm³/mol. The van der Waals surface area contributed by atoms with Gasteiger partial charge in [0.1, 0.15) is 5.76 Å². The zero-order valence-electron chi connectivity index (χ0n) is 11.4. The monoisotopic (exact) mass is 288 g/mol. The fourth-order valence-electron chi connectivity index (χ4n) is 2.61. The molecule has 1 aromatic heterocycles. The lowest BCUT2D eigenvalue weighted by Crippen LogP contribution is -2.50. The number of aliphatic imine (C=N–C) groups is 2. The Bertz CT molecular complexity index is 673. The van der Waals surface area contributed by atoms with E-state index in [1.54, 1.807) is 15.9 Å². The summed E-state index contributed by atoms with van der Waals surface area (Å²) < 4.78 is 7.29. The van der Waals surface area contributed by atoms with Crippen molar-refractivity contribution in [1.82, 2.24) is 20.2 Å². The SMILES string of the molecule is NCCn1ncc2c1N=C(N)N1NC(C3=CCCO3)N=C21. The minimum absolute atomic E-state index is 0.264. The highest BCUT2D eigenvalue weighted by Crippen LogP contribution is 2.29. The van der Waals surface area contributed by atoms with Gasteiger partial charge in [0.2, 0.25) is 5.96 Å². The van der Waals surface area contributed by atoms with E-state index in [-0.39, 0.29) is 6.17 Å². The van der Waals surface area contributed by atoms with Crippen molar-refractivity contribution in [3.05, 3.63) is 23.6 Å². The van der Waals surface area contributed by atoms with Gasteiger partial charge in [-0.2, -0.15) is 15.5 Å². The lowest BCUT2D eigenvalue weighted by Gasteiger charge is -2.23. The van der Waals surface area contributed by atoms with E-state index >= 15 is 0 Å². The largest absolute Gasteiger partial charge is 0.494 e. The maximum atomic E-state index is 6.02. The zero-order valence-corrected chi connectivity index (χ0v) is 11.4. The van der Waals surface area contributed by atoms with Crippen LogP contribution in [0.15, 0.2) is 28.0 Å². The van der Waals surface area contributed by atoms with Gasteiger partial charge < -0.3 is 16.2 Å². The fraction of sp³-hybridized carbons (Fsp3) is 0.417. The van der Waals surface area contributed by atoms with Gasteiger partial charge in [-0.15, -0.1) is 0 Å². The molecule has 4 heterocycles. The third-order valence-electron chi connectivity index (χ3n) is 3.56. The number of guanidine groups is 1. The first-order valence-electron chi connectivity index (χ1n) is 6.85. The molecule has 0 aliphatic carbocycles. The molecule has 9 nitrogen and oxygen atoms in total. The number of hydrogen-bond acceptors (Lipinski definition) is 8. The van der Waals surface area contributed by atoms with Gasteiger partial charge in [-0.1, -0.05) is 0 Å². The van der Waals surface area contributed by atoms with Crippen LogP contribution in [-0.2, 0) is 11.3 Å². The molecule has 3 aliphatic rings. The summed E-state index contributed by atoms with van der Waals surface area (Å²) in [6.07, 6.45) is 4.41. The van der Waals surface area contributed by atoms with Gasteiger partial charge in [0.05, 0.1) is 24.9 Å². The number of hydrazine groups is 1. The third kappa shape index (κ3) is 1.82. The molecule has 0 bridgehead atoms. The first-order chi connectivity index (χ1) is 10.3. The van der Waals surface area contributed by atoms with Gasteiger partial charge in [-0.25, -0.2) is 14.7 Å². The maximum absolute atomic E-state index is 6.02. The summed E-state index contributed by atoms with van der Waals surface area (Å²) in [4.78, 5) is 9.04. The molecule has 0 amide bonds. The molecule has 110 valence electrons. The number of ether oxygens (including phenoxy) is 1. The molecule has 0 fully saturated rings. The van der Waals surface area contributed by atoms with Crippen molar-refractivity contribution in [2.45, 2.75) is 19.1 Å². The van der Waals surface area contributed by atoms with Crippen LogP contribution in [0, 0.1) is 0 Å². The summed E-state index contributed by atoms with van der Waals surface area (Å²) in [6, 6.07) is 0. The molecule has 9 heteroatoms. The van der Waals surface area contributed by atoms with Crippen molar-refractivity contribution in [3.63, 3.8) is 0 Å². The Morgan fingerprint density at radius 2 is 2.38 bits per heavy atom. The Kier molecular flexibility index (Phi) is 2.69. The van der Waals surface area contributed by atoms with E-state index in [0.29, 0.717) is 37.3 Å². The second kappa shape index (κ2) is 4.57. The van der Waals surface area contributed by atoms with Crippen LogP contribution in [0.4, 0.5) is 5.82 Å². The van der Waals surface area contributed by atoms with E-state index < -0.39 is 0 Å². The van der Waals surface area contributed by atoms with Crippen molar-refractivity contribution >= 4 is 17.6 Å². The standard InChI is InChI=1S/C12H16N8O/c13-3-4-19-10-7(6-15-19)11-16-9(8-2-1-5-21-8)18-20(11)12(14)17-10/h2,6,9,18H,1,3-5,13H2,(H2,14,17). The van der Waals surface area contributed by atoms with E-state index in [0.717, 1.165) is 17.7 Å². The average Bonchev–Trinajstić information content (AvgIpc) is 3.16. The number of nitrogens with two attached hydrogens (primary N) is 2. The molecular weight excluding hydrogens is 272 g/mol. The van der Waals surface area contributed by atoms with Gasteiger partial charge >= 0.3 is 0 Å². The predicted octanol–water partition coefficient (Wildman–Crippen LogP) is -1.00. The molecule has 1 atom stereocenters. The highest BCUT2D eigenvalue weighted by atomic mass is 16.5. The minimum Gasteiger partial charge on any atom is -0.494 e. The molecule has 5 N–H and O–H groups in total. The lowest BCUT2D eigenvalue weighted by molar-refractivity contribution is 0.209. The summed E-state index contributed by atoms with van der Waals surface area (Å²) in [7, 11) is 0. The van der Waals surface area contributed by atoms with Gasteiger partial charge in [0.15, 0.2) is 17.8 Å². The topological polar surface area (TPSA) is 119 Å². The Morgan fingerprint density at radius 3 is 3.14 bits per heavy atom. The molecule has 0 aromatic carbocycles. The second-order valence-electron chi connectivity index (χ2n) is 4.93. The smallest absolute Gasteiger partial charge is 0.219 e. The Labute approximate surface area is 120 Å². The summed E-state index contributed by atoms with van der Waals surface area (Å²) >= 11 is 0. The molecule has 0 saturated carbocycles. The van der Waals surface area contributed by atoms with Crippen LogP contribution in [0.2, 0.25) is 0 Å². The molecule has 0 spiro atoms. The molecule has 21 heavy (non-hydrogen) atoms. The lowest BCUT2D eigenvalue weighted by atomic mass is 10.2. The van der Waals surface area contributed by atoms with Gasteiger partial charge in [0, 0.05) is 13.0 Å². The van der Waals surface area contributed by atoms with Crippen molar-refractivity contribution < 1.29 is 4.74 Å². The van der Waals surface area contributed by atoms with Crippen molar-refractivity contribution in [3.8, 4) is 0 Å². The van der Waals surface area contributed by atoms with Crippen LogP contribution in [0.1, 0.15) is 12.0 Å². The van der Waals surface area contributed by atoms with Crippen molar-refractivity contribution in [2.75, 3.05) is 13.2 Å². The molecule has 0 radical (unpaired) electrons. The van der Waals surface area contributed by atoms with Crippen LogP contribution in [0.25, 0.3) is 0 Å². The van der Waals surface area contributed by atoms with Crippen LogP contribution in [0.5, 0.6) is 0 Å². The zero-order chi connectivity index (χ0) is 14.4. The minimum atomic E-state index is -0.264. The van der Waals surface area contributed by atoms with E-state index in [1.807, 2.05) is 6.08 Å². The Hall–Kier alpha value is -2.39. The number of aromatic nitrogens is 2. The van der Waals surface area contributed by atoms with E-state index in [9.17, 15) is 0 Å². The van der Waals surface area contributed by atoms with E-state index in [4.69, 9.17) is 16.2 Å². The summed E-state index contributed by atoms with van der Waals surface area (Å²) in [5, 5.41) is 5.97. The number of nitrogens with zero attached hydrogens (tertiary/aromatic N) is 5. The number of amidine groups is 1. The Balaban J connectivity index is 1.74. The van der Waals surface area contributed by atoms with Crippen LogP contribution in [0.3, 0.4) is 0 Å². The van der Waals surface area contributed by atoms with Gasteiger partial charge in [-0.3, -0.25) is 0 Å². The van der Waals surface area contributed by atoms with E-state index in [1.165, 1.54) is 0 Å². The van der Waals surface area contributed by atoms with Gasteiger partial charge in [-0.05, 0) is 6.08 Å². The quantitative estimate of drug-likeness (QED) is 0.656. The first kappa shape index (κ1) is 12.4. The summed E-state index contributed by atoms with van der Waals surface area (Å²) in [5.74, 6) is 2.56. The number of nitrogens with one attached hydrogen (secondary N) is 1. The van der Waals surface area contributed by atoms with Crippen molar-refractivity contribution in [2.24, 2.45) is 21.5 Å². The molecular formula is C12H16N8O. The summed E-state index contributed by atoms with van der Waals surface area (Å²) in [6.45, 7) is 1.77. The normalized spacial score (nSPS) is 23.2. The molecule has 4 rings (SSSR count). The second-order valence-corrected chi connectivity index (χ2v) is 4.93. The van der Waals surface area contributed by atoms with Gasteiger partial charge in [0.25, 0.3) is 0 Å². The van der Waals surface area contributed by atoms with Crippen LogP contribution >= 0.6 is 0 Å². The Morgan fingerprint density at radius 1 is 1.48 bits per heavy atom. The summed E-state index contributed by atoms with van der Waals surface area (Å²) in [5.41, 5.74) is 15.6. The van der Waals surface area contributed by atoms with E-state index in [2.05, 4.69) is 20.5 Å². The molecule has 1 unspecified atom stereocenters. The van der Waals surface area contributed by atoms with Crippen molar-refractivity contribution in [1.29, 1.82) is 0 Å². The fourth-order valence-corrected chi connectivity index (χ4v) is 2.61. The first-order valence-corrected chi connectivity index (χ1v) is 6.85. The highest BCUT2D eigenvalue weighted by molar-refractivity contribution is 6.14. The third-order valence-corrected chi connectivity index (χ3v) is 3.56. The number of fused-ring (bicyclic) bond motifs is 3. The molecule has 0 saturated heterocycles. The molecule has 1 aromatic rings. The maximum Gasteiger partial charge on any atom is 0.219 e. The van der Waals surface area contributed by atoms with Crippen LogP contribution < -0.4 is 16.9 Å². The number of hydrogen-bond donors (Lipinski definition) is 3. The highest BCUT2D eigenvalue weighted by Gasteiger charge is 2.37. The van der Waals surface area contributed by atoms with Crippen LogP contribution in [-0.4, -0.2) is 45.9 Å². The average molecular weight is 288 g/mol.